The van der Waals surface area contributed by atoms with E-state index in [9.17, 15) is 19.7 Å². The number of amides is 2. The number of fused-ring (bicyclic) bond motifs is 1. The maximum absolute atomic E-state index is 12.8. The minimum absolute atomic E-state index is 0.0853. The summed E-state index contributed by atoms with van der Waals surface area (Å²) in [6.07, 6.45) is 1.28. The highest BCUT2D eigenvalue weighted by Crippen LogP contribution is 2.32. The zero-order valence-electron chi connectivity index (χ0n) is 20.7. The molecule has 0 aliphatic carbocycles. The monoisotopic (exact) mass is 518 g/mol. The quantitative estimate of drug-likeness (QED) is 0.236. The molecule has 4 rings (SSSR count). The second kappa shape index (κ2) is 11.9. The van der Waals surface area contributed by atoms with Crippen molar-refractivity contribution in [2.24, 2.45) is 11.0 Å². The number of ether oxygens (including phenoxy) is 3. The number of carbonyl (C=O) groups excluding carboxylic acids is 2. The Bertz CT molecular complexity index is 1360. The van der Waals surface area contributed by atoms with Gasteiger partial charge >= 0.3 is 5.69 Å². The highest BCUT2D eigenvalue weighted by Gasteiger charge is 2.25. The number of nitro benzene ring substituents is 1. The van der Waals surface area contributed by atoms with Crippen molar-refractivity contribution < 1.29 is 28.7 Å². The molecule has 2 amide bonds. The van der Waals surface area contributed by atoms with E-state index in [4.69, 9.17) is 14.2 Å². The summed E-state index contributed by atoms with van der Waals surface area (Å²) >= 11 is 0. The fraction of sp³-hybridized carbons (Fsp3) is 0.222. The number of nitro groups is 1. The molecule has 1 aliphatic rings. The van der Waals surface area contributed by atoms with E-state index in [0.717, 1.165) is 5.56 Å². The Morgan fingerprint density at radius 3 is 2.58 bits per heavy atom. The fourth-order valence-corrected chi connectivity index (χ4v) is 3.65. The molecule has 0 bridgehead atoms. The molecule has 0 spiro atoms. The fourth-order valence-electron chi connectivity index (χ4n) is 3.65. The van der Waals surface area contributed by atoms with Gasteiger partial charge < -0.3 is 19.5 Å². The van der Waals surface area contributed by atoms with Gasteiger partial charge in [0.15, 0.2) is 17.2 Å². The molecule has 1 aliphatic heterocycles. The molecule has 3 aromatic rings. The van der Waals surface area contributed by atoms with Crippen molar-refractivity contribution in [2.75, 3.05) is 6.79 Å². The standard InChI is InChI=1S/C27H26N4O7/c1-17(2)25(29-26(32)20-9-11-23-24(13-20)38-16-37-23)27(33)30-28-14-19-8-10-22(21(12-19)31(34)35)36-15-18-6-4-3-5-7-18/h3-14,17,25H,15-16H2,1-2H3,(H,29,32)(H,30,33)/b28-14-/t25-/m0/s1. The summed E-state index contributed by atoms with van der Waals surface area (Å²) in [5, 5.41) is 18.2. The third-order valence-electron chi connectivity index (χ3n) is 5.68. The van der Waals surface area contributed by atoms with E-state index in [2.05, 4.69) is 15.8 Å². The molecular weight excluding hydrogens is 492 g/mol. The van der Waals surface area contributed by atoms with Crippen molar-refractivity contribution in [1.82, 2.24) is 10.7 Å². The van der Waals surface area contributed by atoms with Crippen LogP contribution < -0.4 is 25.0 Å². The van der Waals surface area contributed by atoms with Crippen molar-refractivity contribution in [3.8, 4) is 17.2 Å². The van der Waals surface area contributed by atoms with E-state index in [1.807, 2.05) is 30.3 Å². The van der Waals surface area contributed by atoms with Crippen LogP contribution in [0.4, 0.5) is 5.69 Å². The molecule has 0 fully saturated rings. The molecule has 0 aromatic heterocycles. The van der Waals surface area contributed by atoms with Gasteiger partial charge in [-0.25, -0.2) is 5.43 Å². The van der Waals surface area contributed by atoms with Crippen LogP contribution in [0.3, 0.4) is 0 Å². The van der Waals surface area contributed by atoms with E-state index in [0.29, 0.717) is 22.6 Å². The maximum atomic E-state index is 12.8. The first-order valence-corrected chi connectivity index (χ1v) is 11.8. The van der Waals surface area contributed by atoms with Gasteiger partial charge in [-0.2, -0.15) is 5.10 Å². The van der Waals surface area contributed by atoms with Crippen LogP contribution in [-0.2, 0) is 11.4 Å². The predicted molar refractivity (Wildman–Crippen MR) is 138 cm³/mol. The second-order valence-electron chi connectivity index (χ2n) is 8.76. The molecule has 0 unspecified atom stereocenters. The molecule has 0 radical (unpaired) electrons. The summed E-state index contributed by atoms with van der Waals surface area (Å²) in [7, 11) is 0. The molecule has 3 aromatic carbocycles. The third kappa shape index (κ3) is 6.44. The number of hydrogen-bond acceptors (Lipinski definition) is 8. The minimum atomic E-state index is -0.881. The Morgan fingerprint density at radius 1 is 1.08 bits per heavy atom. The first-order valence-electron chi connectivity index (χ1n) is 11.8. The van der Waals surface area contributed by atoms with Gasteiger partial charge in [0.1, 0.15) is 12.6 Å². The Balaban J connectivity index is 1.38. The maximum Gasteiger partial charge on any atom is 0.311 e. The summed E-state index contributed by atoms with van der Waals surface area (Å²) < 4.78 is 16.2. The second-order valence-corrected chi connectivity index (χ2v) is 8.76. The lowest BCUT2D eigenvalue weighted by Gasteiger charge is -2.20. The van der Waals surface area contributed by atoms with Crippen LogP contribution in [0.25, 0.3) is 0 Å². The van der Waals surface area contributed by atoms with Crippen molar-refractivity contribution in [3.05, 3.63) is 93.5 Å². The van der Waals surface area contributed by atoms with Gasteiger partial charge in [0.25, 0.3) is 11.8 Å². The molecule has 196 valence electrons. The highest BCUT2D eigenvalue weighted by atomic mass is 16.7. The Morgan fingerprint density at radius 2 is 1.84 bits per heavy atom. The number of carbonyl (C=O) groups is 2. The normalized spacial score (nSPS) is 12.8. The predicted octanol–water partition coefficient (Wildman–Crippen LogP) is 3.81. The average molecular weight is 519 g/mol. The largest absolute Gasteiger partial charge is 0.482 e. The van der Waals surface area contributed by atoms with Crippen LogP contribution in [0.15, 0.2) is 71.8 Å². The number of nitrogens with one attached hydrogen (secondary N) is 2. The van der Waals surface area contributed by atoms with Crippen LogP contribution in [0.5, 0.6) is 17.2 Å². The lowest BCUT2D eigenvalue weighted by molar-refractivity contribution is -0.385. The lowest BCUT2D eigenvalue weighted by Crippen LogP contribution is -2.48. The number of rotatable bonds is 10. The molecule has 11 nitrogen and oxygen atoms in total. The van der Waals surface area contributed by atoms with Gasteiger partial charge in [-0.3, -0.25) is 19.7 Å². The number of nitrogens with zero attached hydrogens (tertiary/aromatic N) is 2. The van der Waals surface area contributed by atoms with Crippen LogP contribution >= 0.6 is 0 Å². The topological polar surface area (TPSA) is 141 Å². The Hall–Kier alpha value is -4.93. The van der Waals surface area contributed by atoms with Gasteiger partial charge in [0, 0.05) is 17.2 Å². The van der Waals surface area contributed by atoms with Gasteiger partial charge in [-0.15, -0.1) is 0 Å². The van der Waals surface area contributed by atoms with Gasteiger partial charge in [-0.05, 0) is 41.8 Å². The van der Waals surface area contributed by atoms with Crippen LogP contribution in [0.1, 0.15) is 35.3 Å². The Kier molecular flexibility index (Phi) is 8.17. The first-order chi connectivity index (χ1) is 18.3. The molecule has 11 heteroatoms. The number of hydrogen-bond donors (Lipinski definition) is 2. The van der Waals surface area contributed by atoms with Gasteiger partial charge in [-0.1, -0.05) is 44.2 Å². The average Bonchev–Trinajstić information content (AvgIpc) is 3.39. The van der Waals surface area contributed by atoms with E-state index in [1.165, 1.54) is 18.3 Å². The molecule has 2 N–H and O–H groups in total. The summed E-state index contributed by atoms with van der Waals surface area (Å²) in [5.74, 6) is -0.120. The zero-order chi connectivity index (χ0) is 27.1. The van der Waals surface area contributed by atoms with Crippen molar-refractivity contribution in [1.29, 1.82) is 0 Å². The zero-order valence-corrected chi connectivity index (χ0v) is 20.7. The summed E-state index contributed by atoms with van der Waals surface area (Å²) in [6, 6.07) is 17.5. The van der Waals surface area contributed by atoms with E-state index < -0.39 is 22.8 Å². The van der Waals surface area contributed by atoms with Gasteiger partial charge in [0.2, 0.25) is 6.79 Å². The Labute approximate surface area is 218 Å². The van der Waals surface area contributed by atoms with Crippen LogP contribution in [0, 0.1) is 16.0 Å². The highest BCUT2D eigenvalue weighted by molar-refractivity contribution is 5.98. The number of hydrazone groups is 1. The summed E-state index contributed by atoms with van der Waals surface area (Å²) in [4.78, 5) is 36.5. The SMILES string of the molecule is CC(C)[C@H](NC(=O)c1ccc2c(c1)OCO2)C(=O)N/N=C\c1ccc(OCc2ccccc2)c([N+](=O)[O-])c1. The minimum Gasteiger partial charge on any atom is -0.482 e. The van der Waals surface area contributed by atoms with E-state index in [-0.39, 0.29) is 30.8 Å². The smallest absolute Gasteiger partial charge is 0.311 e. The summed E-state index contributed by atoms with van der Waals surface area (Å²) in [5.41, 5.74) is 3.74. The van der Waals surface area contributed by atoms with Gasteiger partial charge in [0.05, 0.1) is 11.1 Å². The molecule has 0 saturated heterocycles. The molecular formula is C27H26N4O7. The molecule has 38 heavy (non-hydrogen) atoms. The third-order valence-corrected chi connectivity index (χ3v) is 5.68. The lowest BCUT2D eigenvalue weighted by atomic mass is 10.0. The van der Waals surface area contributed by atoms with Crippen molar-refractivity contribution >= 4 is 23.7 Å². The first kappa shape index (κ1) is 26.1. The number of benzene rings is 3. The van der Waals surface area contributed by atoms with E-state index >= 15 is 0 Å². The van der Waals surface area contributed by atoms with Crippen molar-refractivity contribution in [3.63, 3.8) is 0 Å². The van der Waals surface area contributed by atoms with Crippen molar-refractivity contribution in [2.45, 2.75) is 26.5 Å². The van der Waals surface area contributed by atoms with Crippen LogP contribution in [-0.4, -0.2) is 35.8 Å². The molecule has 1 atom stereocenters. The van der Waals surface area contributed by atoms with Crippen LogP contribution in [0.2, 0.25) is 0 Å². The van der Waals surface area contributed by atoms with E-state index in [1.54, 1.807) is 38.1 Å². The summed E-state index contributed by atoms with van der Waals surface area (Å²) in [6.45, 7) is 3.83. The molecule has 1 heterocycles. The molecule has 0 saturated carbocycles.